The highest BCUT2D eigenvalue weighted by atomic mass is 16.5. The molecule has 1 N–H and O–H groups in total. The Hall–Kier alpha value is -3.13. The summed E-state index contributed by atoms with van der Waals surface area (Å²) < 4.78 is 5.23. The maximum absolute atomic E-state index is 12.4. The third-order valence-electron chi connectivity index (χ3n) is 3.73. The molecule has 1 amide bonds. The molecule has 0 radical (unpaired) electrons. The zero-order valence-corrected chi connectivity index (χ0v) is 12.5. The van der Waals surface area contributed by atoms with Crippen molar-refractivity contribution in [1.82, 2.24) is 0 Å². The number of esters is 1. The molecule has 5 heteroatoms. The molecular formula is C18H14N2O3. The second-order valence-electron chi connectivity index (χ2n) is 5.41. The Balaban J connectivity index is 1.82. The van der Waals surface area contributed by atoms with Gasteiger partial charge in [0, 0.05) is 6.42 Å². The Labute approximate surface area is 133 Å². The quantitative estimate of drug-likeness (QED) is 0.865. The first-order valence-electron chi connectivity index (χ1n) is 7.19. The minimum Gasteiger partial charge on any atom is -0.448 e. The molecule has 23 heavy (non-hydrogen) atoms. The van der Waals surface area contributed by atoms with Gasteiger partial charge in [0.25, 0.3) is 5.91 Å². The number of aryl methyl sites for hydroxylation is 1. The molecule has 0 fully saturated rings. The lowest BCUT2D eigenvalue weighted by Gasteiger charge is -2.24. The van der Waals surface area contributed by atoms with Gasteiger partial charge in [-0.05, 0) is 30.7 Å². The summed E-state index contributed by atoms with van der Waals surface area (Å²) in [5.74, 6) is -0.937. The van der Waals surface area contributed by atoms with Crippen molar-refractivity contribution >= 4 is 17.6 Å². The van der Waals surface area contributed by atoms with E-state index < -0.39 is 18.0 Å². The number of amides is 1. The summed E-state index contributed by atoms with van der Waals surface area (Å²) in [5.41, 5.74) is 3.09. The molecule has 1 aliphatic rings. The van der Waals surface area contributed by atoms with Gasteiger partial charge in [-0.15, -0.1) is 0 Å². The fourth-order valence-corrected chi connectivity index (χ4v) is 2.57. The third-order valence-corrected chi connectivity index (χ3v) is 3.73. The van der Waals surface area contributed by atoms with Gasteiger partial charge in [-0.25, -0.2) is 4.79 Å². The lowest BCUT2D eigenvalue weighted by Crippen LogP contribution is -2.38. The first kappa shape index (κ1) is 14.8. The number of anilines is 1. The molecule has 0 aliphatic carbocycles. The molecule has 0 bridgehead atoms. The second kappa shape index (κ2) is 5.93. The number of hydrogen-bond acceptors (Lipinski definition) is 4. The predicted molar refractivity (Wildman–Crippen MR) is 83.9 cm³/mol. The fourth-order valence-electron chi connectivity index (χ4n) is 2.57. The van der Waals surface area contributed by atoms with E-state index in [0.29, 0.717) is 23.2 Å². The molecule has 0 aromatic heterocycles. The predicted octanol–water partition coefficient (Wildman–Crippen LogP) is 2.59. The van der Waals surface area contributed by atoms with Crippen LogP contribution in [0.3, 0.4) is 0 Å². The number of nitriles is 1. The number of fused-ring (bicyclic) bond motifs is 1. The number of carbonyl (C=O) groups is 2. The van der Waals surface area contributed by atoms with Crippen LogP contribution >= 0.6 is 0 Å². The van der Waals surface area contributed by atoms with Gasteiger partial charge in [0.2, 0.25) is 0 Å². The average Bonchev–Trinajstić information content (AvgIpc) is 2.54. The van der Waals surface area contributed by atoms with Crippen LogP contribution in [0.25, 0.3) is 0 Å². The highest BCUT2D eigenvalue weighted by Gasteiger charge is 2.31. The Morgan fingerprint density at radius 2 is 2.09 bits per heavy atom. The number of carbonyl (C=O) groups excluding carboxylic acids is 2. The van der Waals surface area contributed by atoms with E-state index in [4.69, 9.17) is 10.00 Å². The molecule has 0 spiro atoms. The van der Waals surface area contributed by atoms with E-state index in [9.17, 15) is 9.59 Å². The number of benzene rings is 2. The van der Waals surface area contributed by atoms with E-state index in [0.717, 1.165) is 11.1 Å². The summed E-state index contributed by atoms with van der Waals surface area (Å²) >= 11 is 0. The first-order chi connectivity index (χ1) is 11.1. The van der Waals surface area contributed by atoms with Crippen molar-refractivity contribution in [2.45, 2.75) is 19.4 Å². The minimum absolute atomic E-state index is 0.323. The van der Waals surface area contributed by atoms with Crippen LogP contribution in [0.15, 0.2) is 42.5 Å². The molecule has 1 atom stereocenters. The molecule has 1 heterocycles. The average molecular weight is 306 g/mol. The summed E-state index contributed by atoms with van der Waals surface area (Å²) in [6, 6.07) is 14.1. The molecule has 3 rings (SSSR count). The molecule has 2 aromatic rings. The minimum atomic E-state index is -0.899. The fraction of sp³-hybridized carbons (Fsp3) is 0.167. The van der Waals surface area contributed by atoms with Gasteiger partial charge < -0.3 is 10.1 Å². The van der Waals surface area contributed by atoms with Crippen LogP contribution in [0, 0.1) is 18.3 Å². The largest absolute Gasteiger partial charge is 0.448 e. The topological polar surface area (TPSA) is 79.2 Å². The van der Waals surface area contributed by atoms with E-state index in [1.165, 1.54) is 0 Å². The molecule has 114 valence electrons. The Morgan fingerprint density at radius 1 is 1.30 bits per heavy atom. The van der Waals surface area contributed by atoms with Crippen LogP contribution in [-0.2, 0) is 16.0 Å². The van der Waals surface area contributed by atoms with Gasteiger partial charge in [0.1, 0.15) is 6.07 Å². The van der Waals surface area contributed by atoms with Gasteiger partial charge in [-0.1, -0.05) is 29.8 Å². The van der Waals surface area contributed by atoms with E-state index in [1.807, 2.05) is 25.1 Å². The summed E-state index contributed by atoms with van der Waals surface area (Å²) in [5, 5.41) is 11.7. The van der Waals surface area contributed by atoms with E-state index >= 15 is 0 Å². The van der Waals surface area contributed by atoms with Crippen LogP contribution in [0.4, 0.5) is 5.69 Å². The molecule has 1 aliphatic heterocycles. The van der Waals surface area contributed by atoms with Crippen molar-refractivity contribution in [3.05, 3.63) is 64.7 Å². The molecule has 2 aromatic carbocycles. The van der Waals surface area contributed by atoms with Gasteiger partial charge in [-0.2, -0.15) is 5.26 Å². The van der Waals surface area contributed by atoms with Gasteiger partial charge in [-0.3, -0.25) is 4.79 Å². The number of rotatable bonds is 2. The molecule has 0 saturated carbocycles. The zero-order valence-electron chi connectivity index (χ0n) is 12.5. The Bertz CT molecular complexity index is 836. The Morgan fingerprint density at radius 3 is 2.87 bits per heavy atom. The van der Waals surface area contributed by atoms with Gasteiger partial charge >= 0.3 is 5.97 Å². The number of nitrogens with zero attached hydrogens (tertiary/aromatic N) is 1. The summed E-state index contributed by atoms with van der Waals surface area (Å²) in [4.78, 5) is 24.4. The van der Waals surface area contributed by atoms with E-state index in [2.05, 4.69) is 5.32 Å². The first-order valence-corrected chi connectivity index (χ1v) is 7.19. The Kier molecular flexibility index (Phi) is 3.82. The number of nitrogens with one attached hydrogen (secondary N) is 1. The number of cyclic esters (lactones) is 1. The molecule has 1 unspecified atom stereocenters. The van der Waals surface area contributed by atoms with Crippen LogP contribution in [0.5, 0.6) is 0 Å². The molecule has 0 saturated heterocycles. The SMILES string of the molecule is Cc1ccc2c(c1)CC(C(=O)Nc1ccccc1C#N)OC2=O. The summed E-state index contributed by atoms with van der Waals surface area (Å²) in [6.07, 6.45) is -0.577. The summed E-state index contributed by atoms with van der Waals surface area (Å²) in [6.45, 7) is 1.93. The van der Waals surface area contributed by atoms with Crippen molar-refractivity contribution in [3.8, 4) is 6.07 Å². The van der Waals surface area contributed by atoms with Crippen molar-refractivity contribution in [2.75, 3.05) is 5.32 Å². The van der Waals surface area contributed by atoms with E-state index in [-0.39, 0.29) is 0 Å². The normalized spacial score (nSPS) is 16.0. The van der Waals surface area contributed by atoms with Crippen LogP contribution in [0.2, 0.25) is 0 Å². The molecular weight excluding hydrogens is 292 g/mol. The smallest absolute Gasteiger partial charge is 0.339 e. The lowest BCUT2D eigenvalue weighted by atomic mass is 9.96. The molecule has 5 nitrogen and oxygen atoms in total. The number of para-hydroxylation sites is 1. The van der Waals surface area contributed by atoms with Crippen molar-refractivity contribution in [2.24, 2.45) is 0 Å². The maximum atomic E-state index is 12.4. The second-order valence-corrected chi connectivity index (χ2v) is 5.41. The third kappa shape index (κ3) is 2.92. The maximum Gasteiger partial charge on any atom is 0.339 e. The van der Waals surface area contributed by atoms with Crippen molar-refractivity contribution in [1.29, 1.82) is 5.26 Å². The highest BCUT2D eigenvalue weighted by Crippen LogP contribution is 2.23. The van der Waals surface area contributed by atoms with Crippen LogP contribution < -0.4 is 5.32 Å². The van der Waals surface area contributed by atoms with Crippen molar-refractivity contribution in [3.63, 3.8) is 0 Å². The van der Waals surface area contributed by atoms with Crippen LogP contribution in [-0.4, -0.2) is 18.0 Å². The highest BCUT2D eigenvalue weighted by molar-refractivity contribution is 6.00. The monoisotopic (exact) mass is 306 g/mol. The number of ether oxygens (including phenoxy) is 1. The van der Waals surface area contributed by atoms with Gasteiger partial charge in [0.05, 0.1) is 16.8 Å². The van der Waals surface area contributed by atoms with E-state index in [1.54, 1.807) is 30.3 Å². The summed E-state index contributed by atoms with van der Waals surface area (Å²) in [7, 11) is 0. The zero-order chi connectivity index (χ0) is 16.4. The van der Waals surface area contributed by atoms with Gasteiger partial charge in [0.15, 0.2) is 6.10 Å². The van der Waals surface area contributed by atoms with Crippen LogP contribution in [0.1, 0.15) is 27.0 Å². The number of hydrogen-bond donors (Lipinski definition) is 1. The standard InChI is InChI=1S/C18H14N2O3/c1-11-6-7-14-13(8-11)9-16(23-18(14)22)17(21)20-15-5-3-2-4-12(15)10-19/h2-8,16H,9H2,1H3,(H,20,21). The van der Waals surface area contributed by atoms with Crippen molar-refractivity contribution < 1.29 is 14.3 Å². The lowest BCUT2D eigenvalue weighted by molar-refractivity contribution is -0.125.